The monoisotopic (exact) mass is 220 g/mol. The lowest BCUT2D eigenvalue weighted by Crippen LogP contribution is -2.17. The fourth-order valence-electron chi connectivity index (χ4n) is 2.21. The van der Waals surface area contributed by atoms with E-state index in [1.807, 2.05) is 31.2 Å². The van der Waals surface area contributed by atoms with E-state index in [0.717, 1.165) is 11.3 Å². The van der Waals surface area contributed by atoms with E-state index in [2.05, 4.69) is 0 Å². The Kier molecular flexibility index (Phi) is 3.13. The Morgan fingerprint density at radius 2 is 2.31 bits per heavy atom. The van der Waals surface area contributed by atoms with Crippen molar-refractivity contribution in [2.75, 3.05) is 6.61 Å². The quantitative estimate of drug-likeness (QED) is 0.848. The number of rotatable bonds is 4. The van der Waals surface area contributed by atoms with Crippen LogP contribution in [0.5, 0.6) is 5.75 Å². The minimum absolute atomic E-state index is 0.234. The van der Waals surface area contributed by atoms with Gasteiger partial charge in [-0.3, -0.25) is 4.79 Å². The molecule has 86 valence electrons. The highest BCUT2D eigenvalue weighted by Gasteiger charge is 2.28. The lowest BCUT2D eigenvalue weighted by Gasteiger charge is -2.14. The molecule has 0 aliphatic carbocycles. The number of para-hydroxylation sites is 1. The molecule has 3 heteroatoms. The van der Waals surface area contributed by atoms with Gasteiger partial charge in [-0.05, 0) is 18.9 Å². The molecule has 16 heavy (non-hydrogen) atoms. The Labute approximate surface area is 95.0 Å². The number of carboxylic acid groups (broad SMARTS) is 1. The van der Waals surface area contributed by atoms with Gasteiger partial charge in [-0.25, -0.2) is 0 Å². The number of hydrogen-bond acceptors (Lipinski definition) is 2. The van der Waals surface area contributed by atoms with Gasteiger partial charge >= 0.3 is 5.97 Å². The Morgan fingerprint density at radius 3 is 3.00 bits per heavy atom. The van der Waals surface area contributed by atoms with E-state index in [1.165, 1.54) is 0 Å². The van der Waals surface area contributed by atoms with Crippen molar-refractivity contribution >= 4 is 5.97 Å². The van der Waals surface area contributed by atoms with Gasteiger partial charge in [0.15, 0.2) is 0 Å². The number of carbonyl (C=O) groups is 1. The second-order valence-electron chi connectivity index (χ2n) is 4.22. The highest BCUT2D eigenvalue weighted by atomic mass is 16.5. The second-order valence-corrected chi connectivity index (χ2v) is 4.22. The molecule has 3 nitrogen and oxygen atoms in total. The van der Waals surface area contributed by atoms with Gasteiger partial charge in [0, 0.05) is 11.5 Å². The average Bonchev–Trinajstić information content (AvgIpc) is 2.69. The normalized spacial score (nSPS) is 19.9. The molecule has 1 heterocycles. The predicted molar refractivity (Wildman–Crippen MR) is 60.7 cm³/mol. The van der Waals surface area contributed by atoms with E-state index in [4.69, 9.17) is 9.84 Å². The van der Waals surface area contributed by atoms with Crippen LogP contribution >= 0.6 is 0 Å². The molecule has 1 aliphatic heterocycles. The van der Waals surface area contributed by atoms with Gasteiger partial charge in [-0.2, -0.15) is 0 Å². The highest BCUT2D eigenvalue weighted by Crippen LogP contribution is 2.37. The molecule has 1 aromatic carbocycles. The van der Waals surface area contributed by atoms with Crippen molar-refractivity contribution in [1.82, 2.24) is 0 Å². The number of fused-ring (bicyclic) bond motifs is 1. The molecule has 1 N–H and O–H groups in total. The zero-order valence-electron chi connectivity index (χ0n) is 9.35. The van der Waals surface area contributed by atoms with E-state index in [-0.39, 0.29) is 11.8 Å². The third kappa shape index (κ3) is 2.03. The van der Waals surface area contributed by atoms with Crippen molar-refractivity contribution in [2.45, 2.75) is 25.7 Å². The highest BCUT2D eigenvalue weighted by molar-refractivity contribution is 5.70. The first-order chi connectivity index (χ1) is 7.72. The molecule has 2 rings (SSSR count). The molecule has 0 fully saturated rings. The third-order valence-electron chi connectivity index (χ3n) is 3.21. The number of aliphatic carboxylic acids is 1. The maximum Gasteiger partial charge on any atom is 0.306 e. The van der Waals surface area contributed by atoms with Gasteiger partial charge < -0.3 is 9.84 Å². The lowest BCUT2D eigenvalue weighted by atomic mass is 9.89. The summed E-state index contributed by atoms with van der Waals surface area (Å²) in [5, 5.41) is 9.04. The number of ether oxygens (including phenoxy) is 1. The Hall–Kier alpha value is -1.51. The molecule has 1 aliphatic rings. The van der Waals surface area contributed by atoms with E-state index in [0.29, 0.717) is 19.4 Å². The van der Waals surface area contributed by atoms with Gasteiger partial charge in [0.2, 0.25) is 0 Å². The van der Waals surface area contributed by atoms with Crippen LogP contribution in [0.25, 0.3) is 0 Å². The molecule has 0 radical (unpaired) electrons. The van der Waals surface area contributed by atoms with Crippen LogP contribution in [0.1, 0.15) is 31.2 Å². The molecule has 0 saturated heterocycles. The molecular weight excluding hydrogens is 204 g/mol. The molecule has 2 atom stereocenters. The van der Waals surface area contributed by atoms with Crippen molar-refractivity contribution in [2.24, 2.45) is 5.92 Å². The smallest absolute Gasteiger partial charge is 0.306 e. The van der Waals surface area contributed by atoms with E-state index < -0.39 is 5.97 Å². The molecule has 0 amide bonds. The molecule has 0 spiro atoms. The van der Waals surface area contributed by atoms with Crippen LogP contribution in [-0.2, 0) is 4.79 Å². The minimum Gasteiger partial charge on any atom is -0.493 e. The largest absolute Gasteiger partial charge is 0.493 e. The summed E-state index contributed by atoms with van der Waals surface area (Å²) in [6.07, 6.45) is 1.34. The summed E-state index contributed by atoms with van der Waals surface area (Å²) >= 11 is 0. The van der Waals surface area contributed by atoms with Crippen LogP contribution in [0.4, 0.5) is 0 Å². The lowest BCUT2D eigenvalue weighted by molar-refractivity contribution is -0.142. The third-order valence-corrected chi connectivity index (χ3v) is 3.21. The maximum absolute atomic E-state index is 11.0. The van der Waals surface area contributed by atoms with Crippen molar-refractivity contribution in [1.29, 1.82) is 0 Å². The van der Waals surface area contributed by atoms with Gasteiger partial charge in [-0.1, -0.05) is 25.1 Å². The van der Waals surface area contributed by atoms with Crippen LogP contribution in [0, 0.1) is 5.92 Å². The molecule has 0 aromatic heterocycles. The van der Waals surface area contributed by atoms with Crippen molar-refractivity contribution in [3.8, 4) is 5.75 Å². The first-order valence-electron chi connectivity index (χ1n) is 5.67. The Balaban J connectivity index is 2.11. The zero-order valence-corrected chi connectivity index (χ0v) is 9.35. The maximum atomic E-state index is 11.0. The molecule has 2 unspecified atom stereocenters. The second kappa shape index (κ2) is 4.56. The predicted octanol–water partition coefficient (Wildman–Crippen LogP) is 2.66. The summed E-state index contributed by atoms with van der Waals surface area (Å²) in [6.45, 7) is 2.53. The van der Waals surface area contributed by atoms with Crippen LogP contribution < -0.4 is 4.74 Å². The number of hydrogen-bond donors (Lipinski definition) is 1. The first-order valence-corrected chi connectivity index (χ1v) is 5.67. The van der Waals surface area contributed by atoms with Crippen molar-refractivity contribution < 1.29 is 14.6 Å². The Bertz CT molecular complexity index is 387. The van der Waals surface area contributed by atoms with Crippen molar-refractivity contribution in [3.63, 3.8) is 0 Å². The molecule has 0 bridgehead atoms. The minimum atomic E-state index is -0.702. The van der Waals surface area contributed by atoms with Crippen LogP contribution in [0.3, 0.4) is 0 Å². The van der Waals surface area contributed by atoms with Crippen LogP contribution in [0.2, 0.25) is 0 Å². The van der Waals surface area contributed by atoms with E-state index >= 15 is 0 Å². The van der Waals surface area contributed by atoms with Gasteiger partial charge in [-0.15, -0.1) is 0 Å². The first kappa shape index (κ1) is 11.0. The summed E-state index contributed by atoms with van der Waals surface area (Å²) in [5.41, 5.74) is 1.15. The molecular formula is C13H16O3. The standard InChI is InChI=1S/C13H16O3/c1-2-9(13(14)15)7-10-8-16-12-6-4-3-5-11(10)12/h3-6,9-10H,2,7-8H2,1H3,(H,14,15). The fourth-order valence-corrected chi connectivity index (χ4v) is 2.21. The SMILES string of the molecule is CCC(CC1COc2ccccc21)C(=O)O. The fraction of sp³-hybridized carbons (Fsp3) is 0.462. The van der Waals surface area contributed by atoms with E-state index in [9.17, 15) is 4.79 Å². The van der Waals surface area contributed by atoms with Gasteiger partial charge in [0.1, 0.15) is 5.75 Å². The summed E-state index contributed by atoms with van der Waals surface area (Å²) in [7, 11) is 0. The number of carboxylic acids is 1. The summed E-state index contributed by atoms with van der Waals surface area (Å²) < 4.78 is 5.54. The number of benzene rings is 1. The molecule has 1 aromatic rings. The van der Waals surface area contributed by atoms with Crippen LogP contribution in [0.15, 0.2) is 24.3 Å². The van der Waals surface area contributed by atoms with Crippen molar-refractivity contribution in [3.05, 3.63) is 29.8 Å². The van der Waals surface area contributed by atoms with Gasteiger partial charge in [0.25, 0.3) is 0 Å². The Morgan fingerprint density at radius 1 is 1.56 bits per heavy atom. The molecule has 0 saturated carbocycles. The summed E-state index contributed by atoms with van der Waals surface area (Å²) in [6, 6.07) is 7.89. The summed E-state index contributed by atoms with van der Waals surface area (Å²) in [5.74, 6) is 0.177. The summed E-state index contributed by atoms with van der Waals surface area (Å²) in [4.78, 5) is 11.0. The topological polar surface area (TPSA) is 46.5 Å². The van der Waals surface area contributed by atoms with E-state index in [1.54, 1.807) is 0 Å². The zero-order chi connectivity index (χ0) is 11.5. The van der Waals surface area contributed by atoms with Gasteiger partial charge in [0.05, 0.1) is 12.5 Å². The van der Waals surface area contributed by atoms with Crippen LogP contribution in [-0.4, -0.2) is 17.7 Å². The average molecular weight is 220 g/mol.